The lowest BCUT2D eigenvalue weighted by molar-refractivity contribution is 0.191. The number of anilines is 1. The molecule has 2 N–H and O–H groups in total. The Kier molecular flexibility index (Phi) is 3.67. The van der Waals surface area contributed by atoms with Gasteiger partial charge in [-0.15, -0.1) is 0 Å². The molecule has 0 fully saturated rings. The molecule has 0 saturated heterocycles. The number of aryl methyl sites for hydroxylation is 1. The molecule has 0 radical (unpaired) electrons. The number of aliphatic hydroxyl groups is 1. The van der Waals surface area contributed by atoms with Crippen LogP contribution in [-0.4, -0.2) is 21.6 Å². The van der Waals surface area contributed by atoms with Gasteiger partial charge in [-0.1, -0.05) is 29.8 Å². The molecule has 1 heterocycles. The summed E-state index contributed by atoms with van der Waals surface area (Å²) in [6.07, 6.45) is 4.31. The van der Waals surface area contributed by atoms with Crippen molar-refractivity contribution < 1.29 is 5.11 Å². The van der Waals surface area contributed by atoms with Crippen molar-refractivity contribution in [3.05, 3.63) is 54.0 Å². The summed E-state index contributed by atoms with van der Waals surface area (Å²) in [5.41, 5.74) is 2.08. The quantitative estimate of drug-likeness (QED) is 0.841. The Morgan fingerprint density at radius 1 is 1.24 bits per heavy atom. The zero-order valence-corrected chi connectivity index (χ0v) is 9.67. The average molecular weight is 229 g/mol. The summed E-state index contributed by atoms with van der Waals surface area (Å²) in [6, 6.07) is 7.83. The first-order chi connectivity index (χ1) is 8.25. The molecule has 88 valence electrons. The van der Waals surface area contributed by atoms with Crippen molar-refractivity contribution >= 4 is 5.82 Å². The molecule has 0 spiro atoms. The van der Waals surface area contributed by atoms with Gasteiger partial charge < -0.3 is 10.4 Å². The molecule has 0 aliphatic rings. The average Bonchev–Trinajstić information content (AvgIpc) is 2.38. The lowest BCUT2D eigenvalue weighted by Crippen LogP contribution is -2.12. The Bertz CT molecular complexity index is 456. The number of rotatable bonds is 4. The maximum atomic E-state index is 9.96. The van der Waals surface area contributed by atoms with Crippen molar-refractivity contribution in [1.29, 1.82) is 0 Å². The molecule has 2 aromatic rings. The molecule has 17 heavy (non-hydrogen) atoms. The maximum Gasteiger partial charge on any atom is 0.144 e. The molecule has 0 bridgehead atoms. The topological polar surface area (TPSA) is 58.0 Å². The van der Waals surface area contributed by atoms with Crippen LogP contribution in [0.3, 0.4) is 0 Å². The Morgan fingerprint density at radius 3 is 2.65 bits per heavy atom. The minimum Gasteiger partial charge on any atom is -0.387 e. The molecule has 2 rings (SSSR count). The number of aliphatic hydroxyl groups excluding tert-OH is 1. The molecule has 1 atom stereocenters. The van der Waals surface area contributed by atoms with Gasteiger partial charge in [-0.05, 0) is 12.5 Å². The summed E-state index contributed by atoms with van der Waals surface area (Å²) < 4.78 is 0. The second-order valence-corrected chi connectivity index (χ2v) is 3.90. The van der Waals surface area contributed by atoms with Gasteiger partial charge in [0.1, 0.15) is 5.82 Å². The molecule has 0 amide bonds. The van der Waals surface area contributed by atoms with Gasteiger partial charge in [-0.2, -0.15) is 0 Å². The van der Waals surface area contributed by atoms with Gasteiger partial charge in [0.2, 0.25) is 0 Å². The van der Waals surface area contributed by atoms with Gasteiger partial charge in [0.05, 0.1) is 12.3 Å². The zero-order chi connectivity index (χ0) is 12.1. The van der Waals surface area contributed by atoms with Crippen LogP contribution in [0.25, 0.3) is 0 Å². The van der Waals surface area contributed by atoms with Crippen molar-refractivity contribution in [2.75, 3.05) is 11.9 Å². The smallest absolute Gasteiger partial charge is 0.144 e. The summed E-state index contributed by atoms with van der Waals surface area (Å²) >= 11 is 0. The van der Waals surface area contributed by atoms with Crippen molar-refractivity contribution in [3.63, 3.8) is 0 Å². The fraction of sp³-hybridized carbons (Fsp3) is 0.231. The first kappa shape index (κ1) is 11.5. The van der Waals surface area contributed by atoms with E-state index in [9.17, 15) is 5.11 Å². The van der Waals surface area contributed by atoms with E-state index < -0.39 is 6.10 Å². The maximum absolute atomic E-state index is 9.96. The highest BCUT2D eigenvalue weighted by atomic mass is 16.3. The van der Waals surface area contributed by atoms with Gasteiger partial charge in [-0.25, -0.2) is 4.98 Å². The van der Waals surface area contributed by atoms with E-state index in [0.29, 0.717) is 12.4 Å². The Hall–Kier alpha value is -1.94. The van der Waals surface area contributed by atoms with Gasteiger partial charge in [-0.3, -0.25) is 4.98 Å². The predicted octanol–water partition coefficient (Wildman–Crippen LogP) is 1.93. The van der Waals surface area contributed by atoms with E-state index in [0.717, 1.165) is 5.56 Å². The van der Waals surface area contributed by atoms with E-state index in [1.54, 1.807) is 18.6 Å². The molecular weight excluding hydrogens is 214 g/mol. The largest absolute Gasteiger partial charge is 0.387 e. The lowest BCUT2D eigenvalue weighted by Gasteiger charge is -2.12. The van der Waals surface area contributed by atoms with Crippen LogP contribution in [-0.2, 0) is 0 Å². The molecule has 0 aliphatic heterocycles. The van der Waals surface area contributed by atoms with Crippen LogP contribution in [0.15, 0.2) is 42.9 Å². The number of hydrogen-bond donors (Lipinski definition) is 2. The highest BCUT2D eigenvalue weighted by Gasteiger charge is 2.06. The van der Waals surface area contributed by atoms with Gasteiger partial charge in [0.15, 0.2) is 0 Å². The first-order valence-electron chi connectivity index (χ1n) is 5.50. The molecular formula is C13H15N3O. The van der Waals surface area contributed by atoms with Crippen LogP contribution in [0, 0.1) is 6.92 Å². The normalized spacial score (nSPS) is 12.1. The summed E-state index contributed by atoms with van der Waals surface area (Å²) in [6.45, 7) is 2.44. The third kappa shape index (κ3) is 3.26. The fourth-order valence-electron chi connectivity index (χ4n) is 1.50. The molecule has 1 aromatic carbocycles. The lowest BCUT2D eigenvalue weighted by atomic mass is 10.1. The fourth-order valence-corrected chi connectivity index (χ4v) is 1.50. The van der Waals surface area contributed by atoms with E-state index in [1.807, 2.05) is 31.2 Å². The SMILES string of the molecule is Cc1ccc([C@H](O)CNc2cnccn2)cc1. The second kappa shape index (κ2) is 5.41. The van der Waals surface area contributed by atoms with E-state index in [2.05, 4.69) is 15.3 Å². The summed E-state index contributed by atoms with van der Waals surface area (Å²) in [5, 5.41) is 13.0. The number of nitrogens with zero attached hydrogens (tertiary/aromatic N) is 2. The van der Waals surface area contributed by atoms with E-state index in [-0.39, 0.29) is 0 Å². The Morgan fingerprint density at radius 2 is 2.00 bits per heavy atom. The molecule has 0 saturated carbocycles. The van der Waals surface area contributed by atoms with Crippen LogP contribution in [0.2, 0.25) is 0 Å². The first-order valence-corrected chi connectivity index (χ1v) is 5.50. The highest BCUT2D eigenvalue weighted by molar-refractivity contribution is 5.31. The molecule has 4 heteroatoms. The second-order valence-electron chi connectivity index (χ2n) is 3.90. The standard InChI is InChI=1S/C13H15N3O/c1-10-2-4-11(5-3-10)12(17)8-16-13-9-14-6-7-15-13/h2-7,9,12,17H,8H2,1H3,(H,15,16)/t12-/m1/s1. The van der Waals surface area contributed by atoms with Crippen LogP contribution < -0.4 is 5.32 Å². The molecule has 0 aliphatic carbocycles. The summed E-state index contributed by atoms with van der Waals surface area (Å²) in [7, 11) is 0. The van der Waals surface area contributed by atoms with Crippen LogP contribution in [0.1, 0.15) is 17.2 Å². The van der Waals surface area contributed by atoms with Crippen LogP contribution in [0.5, 0.6) is 0 Å². The van der Waals surface area contributed by atoms with Crippen LogP contribution >= 0.6 is 0 Å². The Labute approximate surface area is 100 Å². The van der Waals surface area contributed by atoms with Gasteiger partial charge in [0, 0.05) is 18.9 Å². The predicted molar refractivity (Wildman–Crippen MR) is 66.7 cm³/mol. The molecule has 4 nitrogen and oxygen atoms in total. The number of hydrogen-bond acceptors (Lipinski definition) is 4. The third-order valence-corrected chi connectivity index (χ3v) is 2.50. The van der Waals surface area contributed by atoms with Crippen LogP contribution in [0.4, 0.5) is 5.82 Å². The van der Waals surface area contributed by atoms with E-state index in [1.165, 1.54) is 5.56 Å². The third-order valence-electron chi connectivity index (χ3n) is 2.50. The number of benzene rings is 1. The van der Waals surface area contributed by atoms with Crippen molar-refractivity contribution in [2.24, 2.45) is 0 Å². The number of aromatic nitrogens is 2. The minimum atomic E-state index is -0.544. The monoisotopic (exact) mass is 229 g/mol. The van der Waals surface area contributed by atoms with Crippen molar-refractivity contribution in [3.8, 4) is 0 Å². The summed E-state index contributed by atoms with van der Waals surface area (Å²) in [5.74, 6) is 0.665. The van der Waals surface area contributed by atoms with Gasteiger partial charge >= 0.3 is 0 Å². The minimum absolute atomic E-state index is 0.418. The van der Waals surface area contributed by atoms with E-state index >= 15 is 0 Å². The molecule has 0 unspecified atom stereocenters. The van der Waals surface area contributed by atoms with Crippen molar-refractivity contribution in [2.45, 2.75) is 13.0 Å². The Balaban J connectivity index is 1.93. The zero-order valence-electron chi connectivity index (χ0n) is 9.67. The highest BCUT2D eigenvalue weighted by Crippen LogP contribution is 2.14. The van der Waals surface area contributed by atoms with Gasteiger partial charge in [0.25, 0.3) is 0 Å². The van der Waals surface area contributed by atoms with Crippen molar-refractivity contribution in [1.82, 2.24) is 9.97 Å². The number of nitrogens with one attached hydrogen (secondary N) is 1. The summed E-state index contributed by atoms with van der Waals surface area (Å²) in [4.78, 5) is 8.01. The van der Waals surface area contributed by atoms with E-state index in [4.69, 9.17) is 0 Å². The molecule has 1 aromatic heterocycles.